The molecule has 0 bridgehead atoms. The highest BCUT2D eigenvalue weighted by Gasteiger charge is 2.33. The van der Waals surface area contributed by atoms with Crippen LogP contribution in [0.15, 0.2) is 24.7 Å². The fourth-order valence-electron chi connectivity index (χ4n) is 3.38. The molecule has 1 aliphatic heterocycles. The number of aromatic nitrogens is 6. The Morgan fingerprint density at radius 1 is 1.32 bits per heavy atom. The number of ether oxygens (including phenoxy) is 1. The molecule has 0 aromatic carbocycles. The van der Waals surface area contributed by atoms with Gasteiger partial charge in [-0.3, -0.25) is 9.58 Å². The molecule has 0 saturated carbocycles. The van der Waals surface area contributed by atoms with E-state index < -0.39 is 0 Å². The first kappa shape index (κ1) is 16.0. The number of likely N-dealkylation sites (N-methyl/N-ethyl adjacent to an activating group) is 1. The third-order valence-corrected chi connectivity index (χ3v) is 4.63. The Labute approximate surface area is 145 Å². The smallest absolute Gasteiger partial charge is 0.254 e. The highest BCUT2D eigenvalue weighted by molar-refractivity contribution is 5.44. The van der Waals surface area contributed by atoms with Gasteiger partial charge in [0.1, 0.15) is 12.1 Å². The van der Waals surface area contributed by atoms with Crippen molar-refractivity contribution >= 4 is 11.6 Å². The van der Waals surface area contributed by atoms with Gasteiger partial charge in [-0.1, -0.05) is 0 Å². The minimum absolute atomic E-state index is 0.00110. The molecule has 1 aliphatic rings. The lowest BCUT2D eigenvalue weighted by Gasteiger charge is -2.39. The van der Waals surface area contributed by atoms with Crippen LogP contribution in [0.5, 0.6) is 0 Å². The standard InChI is InChI=1S/C16H22N8O/c1-11-8-14(24-16(21-11)18-10-20-24)17-9-13-15(22(2)6-7-25-13)12-4-5-19-23(12)3/h4-5,8,10,13,15,17H,6-7,9H2,1-3H3/t13-,15-/m0/s1. The maximum absolute atomic E-state index is 6.08. The van der Waals surface area contributed by atoms with E-state index in [-0.39, 0.29) is 12.1 Å². The van der Waals surface area contributed by atoms with Crippen LogP contribution in [0.3, 0.4) is 0 Å². The molecule has 1 fully saturated rings. The van der Waals surface area contributed by atoms with E-state index >= 15 is 0 Å². The minimum atomic E-state index is 0.00110. The second kappa shape index (κ2) is 6.41. The van der Waals surface area contributed by atoms with Crippen molar-refractivity contribution in [1.29, 1.82) is 0 Å². The first-order valence-corrected chi connectivity index (χ1v) is 8.34. The van der Waals surface area contributed by atoms with Crippen LogP contribution in [0.25, 0.3) is 5.78 Å². The van der Waals surface area contributed by atoms with Crippen LogP contribution in [-0.2, 0) is 11.8 Å². The predicted molar refractivity (Wildman–Crippen MR) is 92.3 cm³/mol. The summed E-state index contributed by atoms with van der Waals surface area (Å²) in [5, 5.41) is 12.0. The molecule has 0 spiro atoms. The SMILES string of the molecule is Cc1cc(NC[C@@H]2OCCN(C)[C@H]2c2ccnn2C)n2ncnc2n1. The van der Waals surface area contributed by atoms with Gasteiger partial charge in [0.15, 0.2) is 0 Å². The Bertz CT molecular complexity index is 872. The molecule has 0 radical (unpaired) electrons. The summed E-state index contributed by atoms with van der Waals surface area (Å²) in [4.78, 5) is 10.8. The average Bonchev–Trinajstić information content (AvgIpc) is 3.21. The first-order valence-electron chi connectivity index (χ1n) is 8.34. The predicted octanol–water partition coefficient (Wildman–Crippen LogP) is 0.650. The first-order chi connectivity index (χ1) is 12.1. The van der Waals surface area contributed by atoms with Gasteiger partial charge < -0.3 is 10.1 Å². The van der Waals surface area contributed by atoms with Crippen molar-refractivity contribution in [1.82, 2.24) is 34.3 Å². The molecule has 0 amide bonds. The molecule has 9 heteroatoms. The van der Waals surface area contributed by atoms with E-state index in [1.807, 2.05) is 30.9 Å². The Hall–Kier alpha value is -2.52. The zero-order valence-corrected chi connectivity index (χ0v) is 14.6. The molecule has 0 aliphatic carbocycles. The van der Waals surface area contributed by atoms with E-state index in [1.54, 1.807) is 4.52 Å². The van der Waals surface area contributed by atoms with Gasteiger partial charge >= 0.3 is 0 Å². The summed E-state index contributed by atoms with van der Waals surface area (Å²) in [6.07, 6.45) is 3.34. The normalized spacial score (nSPS) is 21.7. The molecule has 3 aromatic heterocycles. The molecule has 2 atom stereocenters. The molecule has 1 N–H and O–H groups in total. The number of anilines is 1. The van der Waals surface area contributed by atoms with Crippen molar-refractivity contribution in [2.24, 2.45) is 7.05 Å². The zero-order chi connectivity index (χ0) is 17.4. The lowest BCUT2D eigenvalue weighted by Crippen LogP contribution is -2.46. The van der Waals surface area contributed by atoms with E-state index in [4.69, 9.17) is 4.74 Å². The van der Waals surface area contributed by atoms with Crippen molar-refractivity contribution in [3.05, 3.63) is 36.0 Å². The molecular weight excluding hydrogens is 320 g/mol. The number of hydrogen-bond acceptors (Lipinski definition) is 7. The highest BCUT2D eigenvalue weighted by Crippen LogP contribution is 2.28. The summed E-state index contributed by atoms with van der Waals surface area (Å²) in [5.41, 5.74) is 2.04. The maximum atomic E-state index is 6.08. The van der Waals surface area contributed by atoms with E-state index in [0.29, 0.717) is 18.9 Å². The number of hydrogen-bond donors (Lipinski definition) is 1. The van der Waals surface area contributed by atoms with E-state index in [2.05, 4.69) is 43.5 Å². The van der Waals surface area contributed by atoms with Gasteiger partial charge in [-0.15, -0.1) is 0 Å². The molecule has 4 rings (SSSR count). The third-order valence-electron chi connectivity index (χ3n) is 4.63. The van der Waals surface area contributed by atoms with Crippen LogP contribution in [0.4, 0.5) is 5.82 Å². The minimum Gasteiger partial charge on any atom is -0.373 e. The molecule has 9 nitrogen and oxygen atoms in total. The molecule has 3 aromatic rings. The summed E-state index contributed by atoms with van der Waals surface area (Å²) < 4.78 is 9.70. The number of nitrogens with one attached hydrogen (secondary N) is 1. The number of fused-ring (bicyclic) bond motifs is 1. The van der Waals surface area contributed by atoms with Crippen LogP contribution in [-0.4, -0.2) is 67.1 Å². The van der Waals surface area contributed by atoms with Gasteiger partial charge in [-0.2, -0.15) is 19.7 Å². The fourth-order valence-corrected chi connectivity index (χ4v) is 3.38. The Balaban J connectivity index is 1.58. The second-order valence-corrected chi connectivity index (χ2v) is 6.35. The van der Waals surface area contributed by atoms with Gasteiger partial charge in [-0.05, 0) is 20.0 Å². The van der Waals surface area contributed by atoms with Gasteiger partial charge in [0.05, 0.1) is 24.4 Å². The number of aryl methyl sites for hydroxylation is 2. The molecule has 4 heterocycles. The van der Waals surface area contributed by atoms with E-state index in [1.165, 1.54) is 6.33 Å². The summed E-state index contributed by atoms with van der Waals surface area (Å²) in [6.45, 7) is 4.21. The molecule has 0 unspecified atom stereocenters. The van der Waals surface area contributed by atoms with Crippen LogP contribution < -0.4 is 5.32 Å². The summed E-state index contributed by atoms with van der Waals surface area (Å²) in [6, 6.07) is 4.16. The Kier molecular flexibility index (Phi) is 4.10. The number of nitrogens with zero attached hydrogens (tertiary/aromatic N) is 7. The lowest BCUT2D eigenvalue weighted by molar-refractivity contribution is -0.0581. The summed E-state index contributed by atoms with van der Waals surface area (Å²) in [7, 11) is 4.09. The molecule has 132 valence electrons. The van der Waals surface area contributed by atoms with Crippen molar-refractivity contribution in [3.63, 3.8) is 0 Å². The Morgan fingerprint density at radius 2 is 2.20 bits per heavy atom. The number of morpholine rings is 1. The van der Waals surface area contributed by atoms with Gasteiger partial charge in [0, 0.05) is 38.1 Å². The van der Waals surface area contributed by atoms with Crippen LogP contribution in [0.2, 0.25) is 0 Å². The largest absolute Gasteiger partial charge is 0.373 e. The van der Waals surface area contributed by atoms with Gasteiger partial charge in [-0.25, -0.2) is 4.98 Å². The maximum Gasteiger partial charge on any atom is 0.254 e. The monoisotopic (exact) mass is 342 g/mol. The topological polar surface area (TPSA) is 85.4 Å². The summed E-state index contributed by atoms with van der Waals surface area (Å²) in [5.74, 6) is 1.45. The van der Waals surface area contributed by atoms with Crippen LogP contribution in [0, 0.1) is 6.92 Å². The van der Waals surface area contributed by atoms with Crippen LogP contribution >= 0.6 is 0 Å². The van der Waals surface area contributed by atoms with Crippen LogP contribution in [0.1, 0.15) is 17.4 Å². The zero-order valence-electron chi connectivity index (χ0n) is 14.6. The highest BCUT2D eigenvalue weighted by atomic mass is 16.5. The lowest BCUT2D eigenvalue weighted by atomic mass is 10.0. The van der Waals surface area contributed by atoms with E-state index in [9.17, 15) is 0 Å². The van der Waals surface area contributed by atoms with Crippen molar-refractivity contribution < 1.29 is 4.74 Å². The van der Waals surface area contributed by atoms with Crippen molar-refractivity contribution in [2.75, 3.05) is 32.1 Å². The van der Waals surface area contributed by atoms with Crippen molar-refractivity contribution in [2.45, 2.75) is 19.1 Å². The summed E-state index contributed by atoms with van der Waals surface area (Å²) >= 11 is 0. The molecular formula is C16H22N8O. The quantitative estimate of drug-likeness (QED) is 0.745. The van der Waals surface area contributed by atoms with Gasteiger partial charge in [0.2, 0.25) is 0 Å². The van der Waals surface area contributed by atoms with Crippen molar-refractivity contribution in [3.8, 4) is 0 Å². The molecule has 25 heavy (non-hydrogen) atoms. The second-order valence-electron chi connectivity index (χ2n) is 6.35. The van der Waals surface area contributed by atoms with E-state index in [0.717, 1.165) is 23.8 Å². The van der Waals surface area contributed by atoms with Gasteiger partial charge in [0.25, 0.3) is 5.78 Å². The molecule has 1 saturated heterocycles. The number of rotatable bonds is 4. The Morgan fingerprint density at radius 3 is 3.00 bits per heavy atom. The fraction of sp³-hybridized carbons (Fsp3) is 0.500. The third kappa shape index (κ3) is 2.96. The average molecular weight is 342 g/mol.